The van der Waals surface area contributed by atoms with Crippen molar-refractivity contribution in [2.75, 3.05) is 6.54 Å². The fraction of sp³-hybridized carbons (Fsp3) is 0.286. The third kappa shape index (κ3) is 4.16. The quantitative estimate of drug-likeness (QED) is 0.521. The highest BCUT2D eigenvalue weighted by molar-refractivity contribution is 5.76. The lowest BCUT2D eigenvalue weighted by atomic mass is 10.1. The van der Waals surface area contributed by atoms with Gasteiger partial charge in [-0.1, -0.05) is 18.2 Å². The highest BCUT2D eigenvalue weighted by atomic mass is 16.3. The summed E-state index contributed by atoms with van der Waals surface area (Å²) < 4.78 is 7.23. The third-order valence-electron chi connectivity index (χ3n) is 4.87. The molecule has 1 aromatic carbocycles. The molecule has 0 saturated carbocycles. The molecule has 0 aliphatic carbocycles. The summed E-state index contributed by atoms with van der Waals surface area (Å²) in [6.07, 6.45) is 4.73. The average molecular weight is 390 g/mol. The Morgan fingerprint density at radius 3 is 2.79 bits per heavy atom. The van der Waals surface area contributed by atoms with E-state index in [9.17, 15) is 4.79 Å². The lowest BCUT2D eigenvalue weighted by molar-refractivity contribution is -0.121. The van der Waals surface area contributed by atoms with Gasteiger partial charge in [0, 0.05) is 36.3 Å². The summed E-state index contributed by atoms with van der Waals surface area (Å²) in [6, 6.07) is 9.74. The van der Waals surface area contributed by atoms with Gasteiger partial charge in [0.1, 0.15) is 12.6 Å². The molecular weight excluding hydrogens is 368 g/mol. The minimum atomic E-state index is -0.00531. The fourth-order valence-corrected chi connectivity index (χ4v) is 3.31. The zero-order valence-corrected chi connectivity index (χ0v) is 16.4. The van der Waals surface area contributed by atoms with Crippen molar-refractivity contribution in [1.82, 2.24) is 29.9 Å². The van der Waals surface area contributed by atoms with Crippen LogP contribution in [-0.4, -0.2) is 37.0 Å². The van der Waals surface area contributed by atoms with E-state index in [2.05, 4.69) is 25.4 Å². The van der Waals surface area contributed by atoms with Crippen LogP contribution in [0.5, 0.6) is 0 Å². The van der Waals surface area contributed by atoms with Gasteiger partial charge in [-0.3, -0.25) is 4.79 Å². The van der Waals surface area contributed by atoms with Gasteiger partial charge < -0.3 is 9.73 Å². The lowest BCUT2D eigenvalue weighted by Crippen LogP contribution is -2.26. The minimum Gasteiger partial charge on any atom is -0.444 e. The molecular formula is C21H22N6O2. The molecule has 0 aliphatic rings. The van der Waals surface area contributed by atoms with Crippen molar-refractivity contribution in [3.05, 3.63) is 65.6 Å². The van der Waals surface area contributed by atoms with Crippen LogP contribution in [-0.2, 0) is 17.6 Å². The van der Waals surface area contributed by atoms with E-state index >= 15 is 0 Å². The van der Waals surface area contributed by atoms with Gasteiger partial charge in [0.15, 0.2) is 0 Å². The molecule has 3 aromatic heterocycles. The molecule has 0 saturated heterocycles. The van der Waals surface area contributed by atoms with Gasteiger partial charge in [0.05, 0.1) is 5.69 Å². The van der Waals surface area contributed by atoms with E-state index in [1.165, 1.54) is 6.33 Å². The molecule has 8 heteroatoms. The molecule has 4 rings (SSSR count). The minimum absolute atomic E-state index is 0.00531. The molecule has 0 fully saturated rings. The fourth-order valence-electron chi connectivity index (χ4n) is 3.31. The molecule has 29 heavy (non-hydrogen) atoms. The summed E-state index contributed by atoms with van der Waals surface area (Å²) >= 11 is 0. The maximum atomic E-state index is 12.3. The summed E-state index contributed by atoms with van der Waals surface area (Å²) in [5.74, 6) is 1.17. The van der Waals surface area contributed by atoms with Crippen molar-refractivity contribution in [2.45, 2.75) is 33.1 Å². The number of rotatable bonds is 7. The predicted molar refractivity (Wildman–Crippen MR) is 107 cm³/mol. The van der Waals surface area contributed by atoms with Crippen molar-refractivity contribution >= 4 is 11.7 Å². The summed E-state index contributed by atoms with van der Waals surface area (Å²) in [6.45, 7) is 4.42. The van der Waals surface area contributed by atoms with Gasteiger partial charge in [0.25, 0.3) is 5.78 Å². The van der Waals surface area contributed by atoms with Crippen molar-refractivity contribution < 1.29 is 9.21 Å². The second-order valence-corrected chi connectivity index (χ2v) is 6.84. The van der Waals surface area contributed by atoms with Crippen LogP contribution in [0.4, 0.5) is 0 Å². The number of benzene rings is 1. The Hall–Kier alpha value is -3.55. The number of oxazole rings is 1. The van der Waals surface area contributed by atoms with Crippen molar-refractivity contribution in [3.63, 3.8) is 0 Å². The molecule has 8 nitrogen and oxygen atoms in total. The molecule has 0 spiro atoms. The van der Waals surface area contributed by atoms with Crippen LogP contribution in [0.3, 0.4) is 0 Å². The summed E-state index contributed by atoms with van der Waals surface area (Å²) in [4.78, 5) is 25.3. The smallest absolute Gasteiger partial charge is 0.252 e. The first-order chi connectivity index (χ1) is 14.1. The molecule has 0 atom stereocenters. The normalized spacial score (nSPS) is 11.1. The van der Waals surface area contributed by atoms with E-state index in [0.717, 1.165) is 28.2 Å². The van der Waals surface area contributed by atoms with E-state index in [1.807, 2.05) is 44.2 Å². The van der Waals surface area contributed by atoms with Crippen LogP contribution >= 0.6 is 0 Å². The maximum Gasteiger partial charge on any atom is 0.252 e. The Morgan fingerprint density at radius 1 is 1.14 bits per heavy atom. The Morgan fingerprint density at radius 2 is 1.97 bits per heavy atom. The van der Waals surface area contributed by atoms with Crippen LogP contribution in [0.15, 0.2) is 47.3 Å². The second kappa shape index (κ2) is 8.22. The van der Waals surface area contributed by atoms with Crippen molar-refractivity contribution in [3.8, 4) is 11.5 Å². The molecule has 148 valence electrons. The van der Waals surface area contributed by atoms with Gasteiger partial charge in [-0.2, -0.15) is 10.1 Å². The van der Waals surface area contributed by atoms with E-state index in [0.29, 0.717) is 37.5 Å². The number of aromatic nitrogens is 5. The number of amides is 1. The van der Waals surface area contributed by atoms with Gasteiger partial charge in [-0.05, 0) is 38.0 Å². The van der Waals surface area contributed by atoms with E-state index in [1.54, 1.807) is 10.8 Å². The van der Waals surface area contributed by atoms with Crippen molar-refractivity contribution in [1.29, 1.82) is 0 Å². The monoisotopic (exact) mass is 390 g/mol. The maximum absolute atomic E-state index is 12.3. The molecule has 4 aromatic rings. The first kappa shape index (κ1) is 18.8. The number of fused-ring (bicyclic) bond motifs is 1. The first-order valence-electron chi connectivity index (χ1n) is 9.54. The Kier molecular flexibility index (Phi) is 5.33. The standard InChI is InChI=1S/C21H22N6O2/c1-14-18(15(2)27-21(25-14)23-13-24-27)8-9-19(28)22-11-10-17-12-29-20(26-17)16-6-4-3-5-7-16/h3-7,12-13H,8-11H2,1-2H3,(H,22,28). The number of hydrogen-bond donors (Lipinski definition) is 1. The zero-order chi connectivity index (χ0) is 20.2. The molecule has 0 aliphatic heterocycles. The highest BCUT2D eigenvalue weighted by Gasteiger charge is 2.13. The molecule has 1 N–H and O–H groups in total. The second-order valence-electron chi connectivity index (χ2n) is 6.84. The van der Waals surface area contributed by atoms with Gasteiger partial charge in [-0.15, -0.1) is 0 Å². The molecule has 3 heterocycles. The Bertz CT molecular complexity index is 1130. The van der Waals surface area contributed by atoms with E-state index in [-0.39, 0.29) is 5.91 Å². The molecule has 1 amide bonds. The van der Waals surface area contributed by atoms with Crippen LogP contribution < -0.4 is 5.32 Å². The first-order valence-corrected chi connectivity index (χ1v) is 9.54. The van der Waals surface area contributed by atoms with Gasteiger partial charge in [0.2, 0.25) is 11.8 Å². The van der Waals surface area contributed by atoms with Crippen molar-refractivity contribution in [2.24, 2.45) is 0 Å². The van der Waals surface area contributed by atoms with E-state index in [4.69, 9.17) is 4.42 Å². The summed E-state index contributed by atoms with van der Waals surface area (Å²) in [5.41, 5.74) is 4.63. The highest BCUT2D eigenvalue weighted by Crippen LogP contribution is 2.18. The number of carbonyl (C=O) groups is 1. The molecule has 0 bridgehead atoms. The average Bonchev–Trinajstić information content (AvgIpc) is 3.38. The van der Waals surface area contributed by atoms with Crippen LogP contribution in [0.25, 0.3) is 17.2 Å². The molecule has 0 unspecified atom stereocenters. The number of carbonyl (C=O) groups excluding carboxylic acids is 1. The van der Waals surface area contributed by atoms with Gasteiger partial charge >= 0.3 is 0 Å². The lowest BCUT2D eigenvalue weighted by Gasteiger charge is -2.10. The summed E-state index contributed by atoms with van der Waals surface area (Å²) in [5, 5.41) is 7.13. The van der Waals surface area contributed by atoms with Gasteiger partial charge in [-0.25, -0.2) is 14.5 Å². The summed E-state index contributed by atoms with van der Waals surface area (Å²) in [7, 11) is 0. The number of nitrogens with one attached hydrogen (secondary N) is 1. The third-order valence-corrected chi connectivity index (χ3v) is 4.87. The van der Waals surface area contributed by atoms with E-state index < -0.39 is 0 Å². The number of aryl methyl sites for hydroxylation is 2. The van der Waals surface area contributed by atoms with Crippen LogP contribution in [0.2, 0.25) is 0 Å². The molecule has 0 radical (unpaired) electrons. The topological polar surface area (TPSA) is 98.2 Å². The van der Waals surface area contributed by atoms with Crippen LogP contribution in [0.1, 0.15) is 29.1 Å². The largest absolute Gasteiger partial charge is 0.444 e. The Balaban J connectivity index is 1.28. The number of hydrogen-bond acceptors (Lipinski definition) is 6. The zero-order valence-electron chi connectivity index (χ0n) is 16.4. The van der Waals surface area contributed by atoms with Crippen LogP contribution in [0, 0.1) is 13.8 Å². The SMILES string of the molecule is Cc1nc2ncnn2c(C)c1CCC(=O)NCCc1coc(-c2ccccc2)n1. The predicted octanol–water partition coefficient (Wildman–Crippen LogP) is 2.69. The number of nitrogens with zero attached hydrogens (tertiary/aromatic N) is 5. The Labute approximate surface area is 168 Å².